The van der Waals surface area contributed by atoms with Crippen molar-refractivity contribution < 1.29 is 11.0 Å². The first-order valence-corrected chi connectivity index (χ1v) is 12.7. The molecule has 184 valence electrons. The summed E-state index contributed by atoms with van der Waals surface area (Å²) in [6.07, 6.45) is 1.44. The molecule has 1 N–H and O–H groups in total. The fourth-order valence-corrected chi connectivity index (χ4v) is 5.60. The summed E-state index contributed by atoms with van der Waals surface area (Å²) in [7, 11) is 2.18. The number of nitrogens with zero attached hydrogens (tertiary/aromatic N) is 3. The molecule has 0 saturated carbocycles. The van der Waals surface area contributed by atoms with Gasteiger partial charge in [0.05, 0.1) is 7.06 Å². The molecule has 2 saturated heterocycles. The van der Waals surface area contributed by atoms with Gasteiger partial charge in [0.2, 0.25) is 5.91 Å². The molecule has 3 aromatic rings. The number of carbonyl (C=O) groups excluding carboxylic acids is 2. The summed E-state index contributed by atoms with van der Waals surface area (Å²) >= 11 is 0. The molecule has 2 amide bonds. The Hall–Kier alpha value is -3.48. The van der Waals surface area contributed by atoms with Gasteiger partial charge in [0.1, 0.15) is 6.02 Å². The van der Waals surface area contributed by atoms with E-state index in [1.165, 1.54) is 16.0 Å². The summed E-state index contributed by atoms with van der Waals surface area (Å²) < 4.78 is 8.98. The molecule has 36 heavy (non-hydrogen) atoms. The fourth-order valence-electron chi connectivity index (χ4n) is 5.60. The summed E-state index contributed by atoms with van der Waals surface area (Å²) in [5.74, 6) is -0.789. The number of benzene rings is 3. The van der Waals surface area contributed by atoms with Crippen molar-refractivity contribution in [1.29, 1.82) is 0 Å². The highest BCUT2D eigenvalue weighted by Gasteiger charge is 2.39. The number of nitrogens with one attached hydrogen (secondary N) is 1. The molecule has 0 aromatic heterocycles. The summed E-state index contributed by atoms with van der Waals surface area (Å²) in [5, 5.41) is 4.51. The number of piperidine rings is 1. The summed E-state index contributed by atoms with van der Waals surface area (Å²) in [6, 6.07) is 16.8. The van der Waals surface area contributed by atoms with Crippen molar-refractivity contribution in [2.45, 2.75) is 31.8 Å². The van der Waals surface area contributed by atoms with Crippen molar-refractivity contribution in [1.82, 2.24) is 15.1 Å². The van der Waals surface area contributed by atoms with Gasteiger partial charge in [-0.3, -0.25) is 19.4 Å². The van der Waals surface area contributed by atoms with Crippen molar-refractivity contribution in [3.63, 3.8) is 0 Å². The zero-order valence-electron chi connectivity index (χ0n) is 21.7. The van der Waals surface area contributed by atoms with Crippen LogP contribution in [0.5, 0.6) is 0 Å². The summed E-state index contributed by atoms with van der Waals surface area (Å²) in [4.78, 5) is 32.6. The van der Waals surface area contributed by atoms with Crippen LogP contribution < -0.4 is 10.2 Å². The second-order valence-corrected chi connectivity index (χ2v) is 10.2. The fraction of sp³-hybridized carbons (Fsp3) is 0.333. The Morgan fingerprint density at radius 2 is 1.75 bits per heavy atom. The number of hydrogen-bond donors (Lipinski definition) is 1. The molecule has 3 aromatic carbocycles. The highest BCUT2D eigenvalue weighted by molar-refractivity contribution is 6.27. The third-order valence-corrected chi connectivity index (χ3v) is 7.69. The maximum Gasteiger partial charge on any atom is 0.259 e. The van der Waals surface area contributed by atoms with E-state index in [1.54, 1.807) is 6.07 Å². The SMILES string of the molecule is [2H]C1(N2C(=O)c3cccc4c(Cc5ccc(CN6CCN(C)CC6)cc5)ccc2c34)CCC(=C)NC1=O. The zero-order chi connectivity index (χ0) is 25.7. The van der Waals surface area contributed by atoms with Crippen LogP contribution in [0.3, 0.4) is 0 Å². The lowest BCUT2D eigenvalue weighted by atomic mass is 9.95. The highest BCUT2D eigenvalue weighted by atomic mass is 16.2. The third-order valence-electron chi connectivity index (χ3n) is 7.69. The summed E-state index contributed by atoms with van der Waals surface area (Å²) in [5.41, 5.74) is 5.45. The van der Waals surface area contributed by atoms with Crippen LogP contribution in [-0.2, 0) is 17.8 Å². The van der Waals surface area contributed by atoms with E-state index >= 15 is 0 Å². The lowest BCUT2D eigenvalue weighted by Crippen LogP contribution is -2.51. The first-order valence-electron chi connectivity index (χ1n) is 13.2. The van der Waals surface area contributed by atoms with Crippen molar-refractivity contribution in [3.05, 3.63) is 89.1 Å². The average molecular weight is 482 g/mol. The Morgan fingerprint density at radius 3 is 2.50 bits per heavy atom. The number of piperazine rings is 1. The van der Waals surface area contributed by atoms with E-state index in [2.05, 4.69) is 53.0 Å². The number of allylic oxidation sites excluding steroid dienone is 1. The Kier molecular flexibility index (Phi) is 5.56. The largest absolute Gasteiger partial charge is 0.329 e. The van der Waals surface area contributed by atoms with E-state index in [1.807, 2.05) is 24.3 Å². The van der Waals surface area contributed by atoms with Crippen molar-refractivity contribution in [2.75, 3.05) is 38.1 Å². The maximum absolute atomic E-state index is 13.5. The van der Waals surface area contributed by atoms with Crippen molar-refractivity contribution in [3.8, 4) is 0 Å². The van der Waals surface area contributed by atoms with Gasteiger partial charge in [0.15, 0.2) is 0 Å². The van der Waals surface area contributed by atoms with Gasteiger partial charge in [-0.05, 0) is 60.5 Å². The van der Waals surface area contributed by atoms with E-state index in [9.17, 15) is 9.59 Å². The van der Waals surface area contributed by atoms with Gasteiger partial charge in [-0.25, -0.2) is 0 Å². The molecule has 6 nitrogen and oxygen atoms in total. The minimum atomic E-state index is -1.69. The number of hydrogen-bond acceptors (Lipinski definition) is 4. The molecule has 0 radical (unpaired) electrons. The van der Waals surface area contributed by atoms with Crippen LogP contribution in [-0.4, -0.2) is 60.9 Å². The smallest absolute Gasteiger partial charge is 0.259 e. The lowest BCUT2D eigenvalue weighted by Gasteiger charge is -2.32. The monoisotopic (exact) mass is 481 g/mol. The first-order chi connectivity index (χ1) is 17.8. The van der Waals surface area contributed by atoms with Crippen LogP contribution >= 0.6 is 0 Å². The molecule has 0 spiro atoms. The van der Waals surface area contributed by atoms with Crippen LogP contribution in [0.25, 0.3) is 10.8 Å². The minimum absolute atomic E-state index is 0.223. The van der Waals surface area contributed by atoms with Crippen LogP contribution in [0, 0.1) is 0 Å². The normalized spacial score (nSPS) is 23.3. The van der Waals surface area contributed by atoms with Gasteiger partial charge in [-0.2, -0.15) is 0 Å². The zero-order valence-corrected chi connectivity index (χ0v) is 20.7. The average Bonchev–Trinajstić information content (AvgIpc) is 3.19. The number of anilines is 1. The molecule has 1 atom stereocenters. The van der Waals surface area contributed by atoms with Gasteiger partial charge < -0.3 is 10.2 Å². The number of likely N-dealkylation sites (N-methyl/N-ethyl adjacent to an activating group) is 1. The van der Waals surface area contributed by atoms with Crippen molar-refractivity contribution >= 4 is 28.3 Å². The molecule has 1 unspecified atom stereocenters. The van der Waals surface area contributed by atoms with E-state index in [0.717, 1.165) is 55.5 Å². The van der Waals surface area contributed by atoms with Crippen LogP contribution in [0.15, 0.2) is 66.9 Å². The van der Waals surface area contributed by atoms with Crippen LogP contribution in [0.2, 0.25) is 0 Å². The first kappa shape index (κ1) is 21.8. The van der Waals surface area contributed by atoms with E-state index in [0.29, 0.717) is 23.4 Å². The van der Waals surface area contributed by atoms with Gasteiger partial charge in [0, 0.05) is 49.4 Å². The molecule has 6 rings (SSSR count). The molecule has 3 heterocycles. The standard InChI is InChI=1S/C30H32N4O2/c1-20-6-12-27(29(35)31-20)34-26-13-11-23(24-4-3-5-25(28(24)26)30(34)36)18-21-7-9-22(10-8-21)19-33-16-14-32(2)15-17-33/h3-5,7-11,13,27H,1,6,12,14-19H2,2H3,(H,31,35)/i27D. The summed E-state index contributed by atoms with van der Waals surface area (Å²) in [6.45, 7) is 9.23. The molecular weight excluding hydrogens is 448 g/mol. The Morgan fingerprint density at radius 1 is 1.00 bits per heavy atom. The predicted octanol–water partition coefficient (Wildman–Crippen LogP) is 3.93. The quantitative estimate of drug-likeness (QED) is 0.600. The molecule has 6 heteroatoms. The van der Waals surface area contributed by atoms with E-state index in [4.69, 9.17) is 1.37 Å². The lowest BCUT2D eigenvalue weighted by molar-refractivity contribution is -0.122. The topological polar surface area (TPSA) is 55.9 Å². The Labute approximate surface area is 213 Å². The maximum atomic E-state index is 13.5. The molecular formula is C30H32N4O2. The van der Waals surface area contributed by atoms with E-state index in [-0.39, 0.29) is 12.3 Å². The molecule has 3 aliphatic rings. The van der Waals surface area contributed by atoms with Gasteiger partial charge in [0.25, 0.3) is 5.91 Å². The minimum Gasteiger partial charge on any atom is -0.329 e. The highest BCUT2D eigenvalue weighted by Crippen LogP contribution is 2.41. The Balaban J connectivity index is 1.27. The van der Waals surface area contributed by atoms with Gasteiger partial charge >= 0.3 is 0 Å². The number of amides is 2. The third kappa shape index (κ3) is 4.10. The predicted molar refractivity (Wildman–Crippen MR) is 143 cm³/mol. The second kappa shape index (κ2) is 9.19. The molecule has 3 aliphatic heterocycles. The van der Waals surface area contributed by atoms with Crippen LogP contribution in [0.4, 0.5) is 5.69 Å². The Bertz CT molecular complexity index is 1410. The van der Waals surface area contributed by atoms with Crippen molar-refractivity contribution in [2.24, 2.45) is 0 Å². The van der Waals surface area contributed by atoms with Gasteiger partial charge in [-0.15, -0.1) is 0 Å². The molecule has 2 fully saturated rings. The number of carbonyl (C=O) groups is 2. The van der Waals surface area contributed by atoms with Crippen LogP contribution in [0.1, 0.15) is 41.3 Å². The van der Waals surface area contributed by atoms with Gasteiger partial charge in [-0.1, -0.05) is 49.0 Å². The second-order valence-electron chi connectivity index (χ2n) is 10.2. The molecule has 0 bridgehead atoms. The van der Waals surface area contributed by atoms with E-state index < -0.39 is 11.9 Å². The molecule has 0 aliphatic carbocycles. The number of rotatable bonds is 5.